The number of amides is 1. The number of methoxy groups -OCH3 is 2. The van der Waals surface area contributed by atoms with Gasteiger partial charge < -0.3 is 19.1 Å². The van der Waals surface area contributed by atoms with Crippen molar-refractivity contribution in [3.63, 3.8) is 0 Å². The summed E-state index contributed by atoms with van der Waals surface area (Å²) in [5.41, 5.74) is 0. The van der Waals surface area contributed by atoms with Crippen LogP contribution in [0.25, 0.3) is 0 Å². The highest BCUT2D eigenvalue weighted by Crippen LogP contribution is 2.17. The molecule has 1 aromatic carbocycles. The molecule has 0 saturated heterocycles. The fraction of sp³-hybridized carbons (Fsp3) is 0.579. The lowest BCUT2D eigenvalue weighted by atomic mass is 10.1. The molecule has 0 aromatic heterocycles. The van der Waals surface area contributed by atoms with Crippen LogP contribution < -0.4 is 9.47 Å². The van der Waals surface area contributed by atoms with E-state index in [1.54, 1.807) is 12.0 Å². The molecule has 0 bridgehead atoms. The Labute approximate surface area is 150 Å². The smallest absolute Gasteiger partial charge is 0.307 e. The molecular formula is C19H29NO5. The summed E-state index contributed by atoms with van der Waals surface area (Å²) in [5, 5.41) is 0. The van der Waals surface area contributed by atoms with Gasteiger partial charge in [-0.25, -0.2) is 0 Å². The molecule has 0 heterocycles. The van der Waals surface area contributed by atoms with Crippen molar-refractivity contribution in [3.05, 3.63) is 24.3 Å². The molecule has 1 amide bonds. The van der Waals surface area contributed by atoms with Gasteiger partial charge in [0.05, 0.1) is 27.2 Å². The second-order valence-electron chi connectivity index (χ2n) is 5.80. The first kappa shape index (κ1) is 20.8. The minimum atomic E-state index is -0.302. The Kier molecular flexibility index (Phi) is 9.43. The number of hydrogen-bond donors (Lipinski definition) is 0. The van der Waals surface area contributed by atoms with Gasteiger partial charge in [-0.2, -0.15) is 0 Å². The van der Waals surface area contributed by atoms with Crippen LogP contribution in [0.1, 0.15) is 39.5 Å². The predicted molar refractivity (Wildman–Crippen MR) is 95.8 cm³/mol. The highest BCUT2D eigenvalue weighted by Gasteiger charge is 2.19. The monoisotopic (exact) mass is 351 g/mol. The second-order valence-corrected chi connectivity index (χ2v) is 5.80. The first-order valence-electron chi connectivity index (χ1n) is 8.65. The number of benzene rings is 1. The second kappa shape index (κ2) is 11.3. The molecule has 0 N–H and O–H groups in total. The summed E-state index contributed by atoms with van der Waals surface area (Å²) in [6, 6.07) is 7.43. The molecule has 1 atom stereocenters. The maximum Gasteiger partial charge on any atom is 0.307 e. The molecule has 0 radical (unpaired) electrons. The van der Waals surface area contributed by atoms with Crippen LogP contribution in [0.3, 0.4) is 0 Å². The van der Waals surface area contributed by atoms with E-state index in [4.69, 9.17) is 9.47 Å². The van der Waals surface area contributed by atoms with Crippen molar-refractivity contribution in [1.82, 2.24) is 4.90 Å². The van der Waals surface area contributed by atoms with E-state index in [-0.39, 0.29) is 24.3 Å². The molecule has 0 fully saturated rings. The predicted octanol–water partition coefficient (Wildman–Crippen LogP) is 3.04. The molecule has 0 aliphatic heterocycles. The Morgan fingerprint density at radius 2 is 1.72 bits per heavy atom. The lowest BCUT2D eigenvalue weighted by Crippen LogP contribution is -2.39. The minimum absolute atomic E-state index is 0.0385. The van der Waals surface area contributed by atoms with Crippen LogP contribution in [0.15, 0.2) is 24.3 Å². The summed E-state index contributed by atoms with van der Waals surface area (Å²) in [7, 11) is 2.97. The maximum absolute atomic E-state index is 12.4. The summed E-state index contributed by atoms with van der Waals surface area (Å²) in [6.45, 7) is 4.86. The Hall–Kier alpha value is -2.24. The summed E-state index contributed by atoms with van der Waals surface area (Å²) < 4.78 is 15.4. The third kappa shape index (κ3) is 7.45. The highest BCUT2D eigenvalue weighted by molar-refractivity contribution is 5.77. The largest absolute Gasteiger partial charge is 0.497 e. The van der Waals surface area contributed by atoms with Gasteiger partial charge in [-0.3, -0.25) is 9.59 Å². The molecule has 0 spiro atoms. The van der Waals surface area contributed by atoms with Crippen molar-refractivity contribution in [2.24, 2.45) is 0 Å². The zero-order valence-electron chi connectivity index (χ0n) is 15.6. The average Bonchev–Trinajstić information content (AvgIpc) is 2.65. The average molecular weight is 351 g/mol. The summed E-state index contributed by atoms with van der Waals surface area (Å²) in [5.74, 6) is 1.26. The highest BCUT2D eigenvalue weighted by atomic mass is 16.5. The van der Waals surface area contributed by atoms with Gasteiger partial charge in [0.25, 0.3) is 0 Å². The lowest BCUT2D eigenvalue weighted by Gasteiger charge is -2.28. The third-order valence-corrected chi connectivity index (χ3v) is 4.09. The van der Waals surface area contributed by atoms with E-state index in [0.29, 0.717) is 26.0 Å². The van der Waals surface area contributed by atoms with E-state index < -0.39 is 0 Å². The summed E-state index contributed by atoms with van der Waals surface area (Å²) in [4.78, 5) is 25.5. The van der Waals surface area contributed by atoms with E-state index >= 15 is 0 Å². The summed E-state index contributed by atoms with van der Waals surface area (Å²) >= 11 is 0. The summed E-state index contributed by atoms with van der Waals surface area (Å²) in [6.07, 6.45) is 2.07. The molecule has 25 heavy (non-hydrogen) atoms. The fourth-order valence-electron chi connectivity index (χ4n) is 2.35. The number of carbonyl (C=O) groups excluding carboxylic acids is 2. The van der Waals surface area contributed by atoms with Crippen LogP contribution >= 0.6 is 0 Å². The zero-order chi connectivity index (χ0) is 18.7. The molecule has 6 nitrogen and oxygen atoms in total. The first-order valence-corrected chi connectivity index (χ1v) is 8.65. The number of carbonyl (C=O) groups is 2. The van der Waals surface area contributed by atoms with Crippen LogP contribution in [-0.4, -0.2) is 50.2 Å². The third-order valence-electron chi connectivity index (χ3n) is 4.09. The van der Waals surface area contributed by atoms with E-state index in [2.05, 4.69) is 4.74 Å². The molecule has 1 rings (SSSR count). The Balaban J connectivity index is 2.40. The zero-order valence-corrected chi connectivity index (χ0v) is 15.6. The molecule has 0 saturated carbocycles. The van der Waals surface area contributed by atoms with Gasteiger partial charge in [-0.15, -0.1) is 0 Å². The number of esters is 1. The first-order chi connectivity index (χ1) is 12.0. The van der Waals surface area contributed by atoms with Crippen LogP contribution in [0.5, 0.6) is 11.5 Å². The van der Waals surface area contributed by atoms with E-state index in [1.165, 1.54) is 7.11 Å². The van der Waals surface area contributed by atoms with E-state index in [0.717, 1.165) is 17.9 Å². The SMILES string of the molecule is CCC(C)N(CCC(=O)OC)C(=O)CCCOc1ccc(OC)cc1. The van der Waals surface area contributed by atoms with Crippen LogP contribution in [-0.2, 0) is 14.3 Å². The molecule has 140 valence electrons. The van der Waals surface area contributed by atoms with Gasteiger partial charge in [0.2, 0.25) is 5.91 Å². The van der Waals surface area contributed by atoms with Crippen molar-refractivity contribution in [1.29, 1.82) is 0 Å². The van der Waals surface area contributed by atoms with Crippen molar-refractivity contribution >= 4 is 11.9 Å². The molecule has 1 aromatic rings. The molecular weight excluding hydrogens is 322 g/mol. The van der Waals surface area contributed by atoms with Gasteiger partial charge in [0, 0.05) is 19.0 Å². The van der Waals surface area contributed by atoms with Crippen LogP contribution in [0.2, 0.25) is 0 Å². The number of rotatable bonds is 11. The Morgan fingerprint density at radius 1 is 1.08 bits per heavy atom. The molecule has 6 heteroatoms. The van der Waals surface area contributed by atoms with Gasteiger partial charge in [-0.1, -0.05) is 6.92 Å². The topological polar surface area (TPSA) is 65.1 Å². The molecule has 1 unspecified atom stereocenters. The number of hydrogen-bond acceptors (Lipinski definition) is 5. The lowest BCUT2D eigenvalue weighted by molar-refractivity contribution is -0.142. The van der Waals surface area contributed by atoms with Crippen LogP contribution in [0, 0.1) is 0 Å². The number of ether oxygens (including phenoxy) is 3. The minimum Gasteiger partial charge on any atom is -0.497 e. The maximum atomic E-state index is 12.4. The molecule has 0 aliphatic rings. The van der Waals surface area contributed by atoms with Gasteiger partial charge in [-0.05, 0) is 44.0 Å². The van der Waals surface area contributed by atoms with Crippen molar-refractivity contribution in [2.45, 2.75) is 45.6 Å². The van der Waals surface area contributed by atoms with E-state index in [9.17, 15) is 9.59 Å². The Bertz CT molecular complexity index is 529. The normalized spacial score (nSPS) is 11.5. The molecule has 0 aliphatic carbocycles. The van der Waals surface area contributed by atoms with Crippen molar-refractivity contribution in [2.75, 3.05) is 27.4 Å². The fourth-order valence-corrected chi connectivity index (χ4v) is 2.35. The van der Waals surface area contributed by atoms with E-state index in [1.807, 2.05) is 38.1 Å². The standard InChI is InChI=1S/C19H29NO5/c1-5-15(2)20(13-12-19(22)24-4)18(21)7-6-14-25-17-10-8-16(23-3)9-11-17/h8-11,15H,5-7,12-14H2,1-4H3. The van der Waals surface area contributed by atoms with Gasteiger partial charge in [0.15, 0.2) is 0 Å². The number of nitrogens with zero attached hydrogens (tertiary/aromatic N) is 1. The van der Waals surface area contributed by atoms with Crippen LogP contribution in [0.4, 0.5) is 0 Å². The quantitative estimate of drug-likeness (QED) is 0.453. The van der Waals surface area contributed by atoms with Crippen molar-refractivity contribution in [3.8, 4) is 11.5 Å². The Morgan fingerprint density at radius 3 is 2.28 bits per heavy atom. The van der Waals surface area contributed by atoms with Gasteiger partial charge in [0.1, 0.15) is 11.5 Å². The van der Waals surface area contributed by atoms with Gasteiger partial charge >= 0.3 is 5.97 Å². The van der Waals surface area contributed by atoms with Crippen molar-refractivity contribution < 1.29 is 23.8 Å².